The number of alkyl halides is 3. The summed E-state index contributed by atoms with van der Waals surface area (Å²) in [5, 5.41) is 3.41. The van der Waals surface area contributed by atoms with Crippen LogP contribution >= 0.6 is 0 Å². The summed E-state index contributed by atoms with van der Waals surface area (Å²) in [6.07, 6.45) is 1.89. The van der Waals surface area contributed by atoms with E-state index in [1.807, 2.05) is 6.92 Å². The average Bonchev–Trinajstić information content (AvgIpc) is 3.18. The van der Waals surface area contributed by atoms with Gasteiger partial charge >= 0.3 is 6.18 Å². The number of benzene rings is 1. The van der Waals surface area contributed by atoms with E-state index in [1.54, 1.807) is 6.07 Å². The molecule has 0 radical (unpaired) electrons. The van der Waals surface area contributed by atoms with E-state index >= 15 is 0 Å². The second-order valence-electron chi connectivity index (χ2n) is 5.44. The molecule has 2 rings (SSSR count). The molecular weight excluding hydrogens is 263 g/mol. The summed E-state index contributed by atoms with van der Waals surface area (Å²) in [6, 6.07) is 6.27. The highest BCUT2D eigenvalue weighted by Gasteiger charge is 2.30. The molecule has 1 aromatic rings. The fourth-order valence-corrected chi connectivity index (χ4v) is 2.15. The van der Waals surface area contributed by atoms with Crippen LogP contribution in [0.2, 0.25) is 0 Å². The molecule has 0 heterocycles. The molecule has 0 saturated heterocycles. The summed E-state index contributed by atoms with van der Waals surface area (Å²) in [5.41, 5.74) is 1.25. The Bertz CT molecular complexity index is 473. The maximum Gasteiger partial charge on any atom is 0.416 e. The molecule has 1 N–H and O–H groups in total. The summed E-state index contributed by atoms with van der Waals surface area (Å²) < 4.78 is 37.8. The van der Waals surface area contributed by atoms with Crippen molar-refractivity contribution >= 4 is 0 Å². The van der Waals surface area contributed by atoms with Gasteiger partial charge in [0.25, 0.3) is 0 Å². The van der Waals surface area contributed by atoms with E-state index in [2.05, 4.69) is 11.4 Å². The van der Waals surface area contributed by atoms with Crippen molar-refractivity contribution in [2.24, 2.45) is 0 Å². The Morgan fingerprint density at radius 2 is 2.10 bits per heavy atom. The van der Waals surface area contributed by atoms with Crippen molar-refractivity contribution in [2.75, 3.05) is 6.54 Å². The molecule has 4 heteroatoms. The molecule has 0 amide bonds. The second kappa shape index (κ2) is 6.44. The number of allylic oxidation sites excluding steroid dienone is 1. The van der Waals surface area contributed by atoms with Crippen LogP contribution in [0.1, 0.15) is 37.3 Å². The van der Waals surface area contributed by atoms with E-state index in [0.29, 0.717) is 18.0 Å². The molecule has 1 fully saturated rings. The summed E-state index contributed by atoms with van der Waals surface area (Å²) in [5.74, 6) is 0. The first-order valence-corrected chi connectivity index (χ1v) is 7.00. The van der Waals surface area contributed by atoms with Crippen LogP contribution < -0.4 is 5.32 Å². The highest BCUT2D eigenvalue weighted by molar-refractivity contribution is 5.28. The molecule has 1 aliphatic carbocycles. The minimum atomic E-state index is -4.26. The molecule has 0 unspecified atom stereocenters. The predicted octanol–water partition coefficient (Wildman–Crippen LogP) is 4.34. The Kier molecular flexibility index (Phi) is 4.86. The molecule has 0 atom stereocenters. The Hall–Kier alpha value is -1.29. The molecule has 20 heavy (non-hydrogen) atoms. The lowest BCUT2D eigenvalue weighted by atomic mass is 10.0. The van der Waals surface area contributed by atoms with E-state index in [1.165, 1.54) is 25.0 Å². The van der Waals surface area contributed by atoms with E-state index in [4.69, 9.17) is 0 Å². The molecule has 0 bridgehead atoms. The number of rotatable bonds is 6. The van der Waals surface area contributed by atoms with Gasteiger partial charge in [0.2, 0.25) is 0 Å². The van der Waals surface area contributed by atoms with Crippen LogP contribution in [-0.4, -0.2) is 12.6 Å². The Labute approximate surface area is 117 Å². The van der Waals surface area contributed by atoms with Crippen molar-refractivity contribution < 1.29 is 13.2 Å². The quantitative estimate of drug-likeness (QED) is 0.605. The van der Waals surface area contributed by atoms with Gasteiger partial charge in [0.15, 0.2) is 0 Å². The second-order valence-corrected chi connectivity index (χ2v) is 5.44. The van der Waals surface area contributed by atoms with E-state index in [0.717, 1.165) is 24.6 Å². The smallest absolute Gasteiger partial charge is 0.314 e. The van der Waals surface area contributed by atoms with Gasteiger partial charge in [0.1, 0.15) is 0 Å². The summed E-state index contributed by atoms with van der Waals surface area (Å²) in [7, 11) is 0. The number of nitrogens with one attached hydrogen (secondary N) is 1. The zero-order chi connectivity index (χ0) is 14.6. The Balaban J connectivity index is 1.86. The third kappa shape index (κ3) is 5.00. The lowest BCUT2D eigenvalue weighted by Gasteiger charge is -2.09. The van der Waals surface area contributed by atoms with Crippen molar-refractivity contribution in [1.82, 2.24) is 5.32 Å². The number of hydrogen-bond donors (Lipinski definition) is 1. The standard InChI is InChI=1S/C16H20F3N/c1-12(4-3-9-20-15-7-8-15)10-13-5-2-6-14(11-13)16(17,18)19/h2,4-6,11,15,20H,3,7-10H2,1H3. The van der Waals surface area contributed by atoms with Crippen molar-refractivity contribution in [3.05, 3.63) is 47.0 Å². The largest absolute Gasteiger partial charge is 0.416 e. The molecule has 1 nitrogen and oxygen atoms in total. The van der Waals surface area contributed by atoms with Gasteiger partial charge in [-0.15, -0.1) is 0 Å². The average molecular weight is 283 g/mol. The minimum absolute atomic E-state index is 0.571. The molecule has 0 aliphatic heterocycles. The van der Waals surface area contributed by atoms with Crippen LogP contribution in [-0.2, 0) is 12.6 Å². The van der Waals surface area contributed by atoms with Gasteiger partial charge in [-0.2, -0.15) is 13.2 Å². The highest BCUT2D eigenvalue weighted by atomic mass is 19.4. The summed E-state index contributed by atoms with van der Waals surface area (Å²) in [4.78, 5) is 0. The van der Waals surface area contributed by atoms with Crippen LogP contribution in [0.25, 0.3) is 0 Å². The SMILES string of the molecule is CC(=CCCNC1CC1)Cc1cccc(C(F)(F)F)c1. The Morgan fingerprint density at radius 1 is 1.35 bits per heavy atom. The van der Waals surface area contributed by atoms with Crippen molar-refractivity contribution in [1.29, 1.82) is 0 Å². The fraction of sp³-hybridized carbons (Fsp3) is 0.500. The lowest BCUT2D eigenvalue weighted by Crippen LogP contribution is -2.16. The van der Waals surface area contributed by atoms with Crippen molar-refractivity contribution in [3.8, 4) is 0 Å². The van der Waals surface area contributed by atoms with Crippen LogP contribution in [0.3, 0.4) is 0 Å². The zero-order valence-corrected chi connectivity index (χ0v) is 11.6. The van der Waals surface area contributed by atoms with Gasteiger partial charge in [0.05, 0.1) is 5.56 Å². The molecule has 1 aromatic carbocycles. The van der Waals surface area contributed by atoms with E-state index in [9.17, 15) is 13.2 Å². The first kappa shape index (κ1) is 15.1. The van der Waals surface area contributed by atoms with Crippen LogP contribution in [0.5, 0.6) is 0 Å². The summed E-state index contributed by atoms with van der Waals surface area (Å²) >= 11 is 0. The monoisotopic (exact) mass is 283 g/mol. The normalized spacial score (nSPS) is 16.5. The Morgan fingerprint density at radius 3 is 2.75 bits per heavy atom. The summed E-state index contributed by atoms with van der Waals surface area (Å²) in [6.45, 7) is 2.92. The van der Waals surface area contributed by atoms with Crippen LogP contribution in [0.4, 0.5) is 13.2 Å². The van der Waals surface area contributed by atoms with Gasteiger partial charge in [-0.3, -0.25) is 0 Å². The highest BCUT2D eigenvalue weighted by Crippen LogP contribution is 2.29. The third-order valence-corrected chi connectivity index (χ3v) is 3.38. The van der Waals surface area contributed by atoms with E-state index < -0.39 is 11.7 Å². The lowest BCUT2D eigenvalue weighted by molar-refractivity contribution is -0.137. The maximum atomic E-state index is 12.6. The zero-order valence-electron chi connectivity index (χ0n) is 11.6. The first-order chi connectivity index (χ1) is 9.45. The molecule has 110 valence electrons. The minimum Gasteiger partial charge on any atom is -0.314 e. The molecule has 1 saturated carbocycles. The van der Waals surface area contributed by atoms with E-state index in [-0.39, 0.29) is 0 Å². The van der Waals surface area contributed by atoms with Crippen LogP contribution in [0.15, 0.2) is 35.9 Å². The van der Waals surface area contributed by atoms with Gasteiger partial charge < -0.3 is 5.32 Å². The maximum absolute atomic E-state index is 12.6. The predicted molar refractivity (Wildman–Crippen MR) is 74.5 cm³/mol. The number of halogens is 3. The number of hydrogen-bond acceptors (Lipinski definition) is 1. The van der Waals surface area contributed by atoms with Gasteiger partial charge in [-0.1, -0.05) is 29.8 Å². The molecule has 0 spiro atoms. The van der Waals surface area contributed by atoms with Gasteiger partial charge in [-0.05, 0) is 50.8 Å². The van der Waals surface area contributed by atoms with Gasteiger partial charge in [0, 0.05) is 6.04 Å². The van der Waals surface area contributed by atoms with Crippen molar-refractivity contribution in [2.45, 2.75) is 44.8 Å². The van der Waals surface area contributed by atoms with Gasteiger partial charge in [-0.25, -0.2) is 0 Å². The molecule has 1 aliphatic rings. The third-order valence-electron chi connectivity index (χ3n) is 3.38. The van der Waals surface area contributed by atoms with Crippen LogP contribution in [0, 0.1) is 0 Å². The molecular formula is C16H20F3N. The fourth-order valence-electron chi connectivity index (χ4n) is 2.15. The molecule has 0 aromatic heterocycles. The van der Waals surface area contributed by atoms with Crippen molar-refractivity contribution in [3.63, 3.8) is 0 Å². The topological polar surface area (TPSA) is 12.0 Å². The first-order valence-electron chi connectivity index (χ1n) is 7.00.